The molecule has 2 N–H and O–H groups in total. The van der Waals surface area contributed by atoms with Crippen LogP contribution < -0.4 is 5.73 Å². The summed E-state index contributed by atoms with van der Waals surface area (Å²) in [6.45, 7) is 2.66. The highest BCUT2D eigenvalue weighted by Gasteiger charge is 2.13. The van der Waals surface area contributed by atoms with Crippen molar-refractivity contribution in [3.8, 4) is 11.6 Å². The molecule has 2 aromatic rings. The van der Waals surface area contributed by atoms with E-state index < -0.39 is 0 Å². The molecule has 0 bridgehead atoms. The summed E-state index contributed by atoms with van der Waals surface area (Å²) in [4.78, 5) is 8.44. The van der Waals surface area contributed by atoms with Gasteiger partial charge in [-0.15, -0.1) is 0 Å². The minimum Gasteiger partial charge on any atom is -0.339 e. The average molecular weight is 221 g/mol. The van der Waals surface area contributed by atoms with Crippen LogP contribution in [0.4, 0.5) is 0 Å². The number of rotatable bonds is 4. The first kappa shape index (κ1) is 10.8. The second-order valence-corrected chi connectivity index (χ2v) is 3.92. The molecule has 0 saturated heterocycles. The summed E-state index contributed by atoms with van der Waals surface area (Å²) in [6, 6.07) is 0. The molecule has 0 saturated carbocycles. The molecule has 2 aromatic heterocycles. The number of aromatic nitrogens is 4. The first-order valence-corrected chi connectivity index (χ1v) is 5.21. The summed E-state index contributed by atoms with van der Waals surface area (Å²) in [5.41, 5.74) is 5.54. The fourth-order valence-electron chi connectivity index (χ4n) is 1.39. The van der Waals surface area contributed by atoms with Crippen molar-refractivity contribution in [3.63, 3.8) is 0 Å². The van der Waals surface area contributed by atoms with Crippen molar-refractivity contribution in [2.45, 2.75) is 13.3 Å². The molecule has 86 valence electrons. The number of imidazole rings is 1. The van der Waals surface area contributed by atoms with E-state index in [1.807, 2.05) is 24.7 Å². The monoisotopic (exact) mass is 221 g/mol. The maximum atomic E-state index is 5.54. The topological polar surface area (TPSA) is 82.8 Å². The quantitative estimate of drug-likeness (QED) is 0.817. The predicted octanol–water partition coefficient (Wildman–Crippen LogP) is 0.607. The molecule has 1 unspecified atom stereocenters. The molecule has 0 fully saturated rings. The molecule has 0 radical (unpaired) electrons. The summed E-state index contributed by atoms with van der Waals surface area (Å²) < 4.78 is 6.99. The first-order chi connectivity index (χ1) is 7.70. The van der Waals surface area contributed by atoms with E-state index in [1.54, 1.807) is 6.20 Å². The van der Waals surface area contributed by atoms with E-state index in [2.05, 4.69) is 15.1 Å². The third-order valence-electron chi connectivity index (χ3n) is 2.41. The minimum atomic E-state index is 0.342. The van der Waals surface area contributed by atoms with Crippen molar-refractivity contribution in [1.82, 2.24) is 19.7 Å². The van der Waals surface area contributed by atoms with E-state index in [0.717, 1.165) is 0 Å². The molecule has 1 atom stereocenters. The molecule has 0 amide bonds. The maximum Gasteiger partial charge on any atom is 0.238 e. The molecule has 2 rings (SSSR count). The maximum absolute atomic E-state index is 5.54. The molecular formula is C10H15N5O. The Kier molecular flexibility index (Phi) is 3.00. The standard InChI is InChI=1S/C10H15N5O/c1-7(6-11)5-8-13-9(14-16-8)10-12-3-4-15(10)2/h3-4,7H,5-6,11H2,1-2H3. The molecule has 16 heavy (non-hydrogen) atoms. The average Bonchev–Trinajstić information content (AvgIpc) is 2.86. The zero-order valence-electron chi connectivity index (χ0n) is 9.42. The zero-order chi connectivity index (χ0) is 11.5. The minimum absolute atomic E-state index is 0.342. The number of hydrogen-bond acceptors (Lipinski definition) is 5. The van der Waals surface area contributed by atoms with Crippen LogP contribution in [0.5, 0.6) is 0 Å². The normalized spacial score (nSPS) is 12.9. The fourth-order valence-corrected chi connectivity index (χ4v) is 1.39. The summed E-state index contributed by atoms with van der Waals surface area (Å²) >= 11 is 0. The van der Waals surface area contributed by atoms with Crippen LogP contribution in [0.3, 0.4) is 0 Å². The molecule has 0 aliphatic carbocycles. The van der Waals surface area contributed by atoms with E-state index in [4.69, 9.17) is 10.3 Å². The van der Waals surface area contributed by atoms with E-state index >= 15 is 0 Å². The summed E-state index contributed by atoms with van der Waals surface area (Å²) in [5, 5.41) is 3.90. The molecule has 0 spiro atoms. The van der Waals surface area contributed by atoms with Gasteiger partial charge in [0.15, 0.2) is 5.82 Å². The number of aryl methyl sites for hydroxylation is 1. The summed E-state index contributed by atoms with van der Waals surface area (Å²) in [6.07, 6.45) is 4.25. The Balaban J connectivity index is 2.17. The van der Waals surface area contributed by atoms with Gasteiger partial charge >= 0.3 is 0 Å². The van der Waals surface area contributed by atoms with Crippen molar-refractivity contribution < 1.29 is 4.52 Å². The second kappa shape index (κ2) is 4.44. The van der Waals surface area contributed by atoms with Crippen LogP contribution >= 0.6 is 0 Å². The lowest BCUT2D eigenvalue weighted by molar-refractivity contribution is 0.359. The SMILES string of the molecule is CC(CN)Cc1nc(-c2nccn2C)no1. The van der Waals surface area contributed by atoms with Gasteiger partial charge in [-0.25, -0.2) is 4.98 Å². The number of nitrogens with zero attached hydrogens (tertiary/aromatic N) is 4. The van der Waals surface area contributed by atoms with Gasteiger partial charge in [0.2, 0.25) is 11.7 Å². The third kappa shape index (κ3) is 2.11. The van der Waals surface area contributed by atoms with E-state index in [1.165, 1.54) is 0 Å². The van der Waals surface area contributed by atoms with Crippen LogP contribution in [-0.2, 0) is 13.5 Å². The van der Waals surface area contributed by atoms with Gasteiger partial charge in [-0.3, -0.25) is 0 Å². The third-order valence-corrected chi connectivity index (χ3v) is 2.41. The lowest BCUT2D eigenvalue weighted by Gasteiger charge is -2.01. The van der Waals surface area contributed by atoms with Crippen molar-refractivity contribution in [1.29, 1.82) is 0 Å². The van der Waals surface area contributed by atoms with Crippen LogP contribution in [-0.4, -0.2) is 26.2 Å². The lowest BCUT2D eigenvalue weighted by atomic mass is 10.1. The van der Waals surface area contributed by atoms with Gasteiger partial charge in [-0.2, -0.15) is 4.98 Å². The second-order valence-electron chi connectivity index (χ2n) is 3.92. The lowest BCUT2D eigenvalue weighted by Crippen LogP contribution is -2.13. The van der Waals surface area contributed by atoms with E-state index in [0.29, 0.717) is 36.4 Å². The Bertz CT molecular complexity index is 461. The molecule has 2 heterocycles. The van der Waals surface area contributed by atoms with Crippen LogP contribution in [0, 0.1) is 5.92 Å². The van der Waals surface area contributed by atoms with Crippen LogP contribution in [0.2, 0.25) is 0 Å². The van der Waals surface area contributed by atoms with Gasteiger partial charge < -0.3 is 14.8 Å². The van der Waals surface area contributed by atoms with Gasteiger partial charge in [0, 0.05) is 25.9 Å². The smallest absolute Gasteiger partial charge is 0.238 e. The fraction of sp³-hybridized carbons (Fsp3) is 0.500. The summed E-state index contributed by atoms with van der Waals surface area (Å²) in [7, 11) is 1.89. The Labute approximate surface area is 93.5 Å². The van der Waals surface area contributed by atoms with Crippen LogP contribution in [0.1, 0.15) is 12.8 Å². The number of nitrogens with two attached hydrogens (primary N) is 1. The van der Waals surface area contributed by atoms with Crippen LogP contribution in [0.15, 0.2) is 16.9 Å². The van der Waals surface area contributed by atoms with Gasteiger partial charge in [0.25, 0.3) is 0 Å². The first-order valence-electron chi connectivity index (χ1n) is 5.21. The molecule has 0 aliphatic heterocycles. The predicted molar refractivity (Wildman–Crippen MR) is 58.4 cm³/mol. The van der Waals surface area contributed by atoms with Gasteiger partial charge in [-0.1, -0.05) is 12.1 Å². The highest BCUT2D eigenvalue weighted by atomic mass is 16.5. The molecule has 0 aliphatic rings. The van der Waals surface area contributed by atoms with Crippen LogP contribution in [0.25, 0.3) is 11.6 Å². The Morgan fingerprint density at radius 2 is 2.38 bits per heavy atom. The zero-order valence-corrected chi connectivity index (χ0v) is 9.42. The molecular weight excluding hydrogens is 206 g/mol. The van der Waals surface area contributed by atoms with Crippen molar-refractivity contribution >= 4 is 0 Å². The van der Waals surface area contributed by atoms with Crippen molar-refractivity contribution in [3.05, 3.63) is 18.3 Å². The largest absolute Gasteiger partial charge is 0.339 e. The molecule has 0 aromatic carbocycles. The Morgan fingerprint density at radius 1 is 1.56 bits per heavy atom. The van der Waals surface area contributed by atoms with Gasteiger partial charge in [0.05, 0.1) is 0 Å². The van der Waals surface area contributed by atoms with E-state index in [-0.39, 0.29) is 0 Å². The Hall–Kier alpha value is -1.69. The Morgan fingerprint density at radius 3 is 3.00 bits per heavy atom. The molecule has 6 nitrogen and oxygen atoms in total. The van der Waals surface area contributed by atoms with Crippen molar-refractivity contribution in [2.75, 3.05) is 6.54 Å². The van der Waals surface area contributed by atoms with E-state index in [9.17, 15) is 0 Å². The van der Waals surface area contributed by atoms with Crippen molar-refractivity contribution in [2.24, 2.45) is 18.7 Å². The summed E-state index contributed by atoms with van der Waals surface area (Å²) in [5.74, 6) is 2.17. The number of hydrogen-bond donors (Lipinski definition) is 1. The highest BCUT2D eigenvalue weighted by molar-refractivity contribution is 5.42. The van der Waals surface area contributed by atoms with Gasteiger partial charge in [-0.05, 0) is 12.5 Å². The highest BCUT2D eigenvalue weighted by Crippen LogP contribution is 2.13. The molecule has 6 heteroatoms. The van der Waals surface area contributed by atoms with Gasteiger partial charge in [0.1, 0.15) is 0 Å².